The van der Waals surface area contributed by atoms with Crippen molar-refractivity contribution in [3.63, 3.8) is 0 Å². The highest BCUT2D eigenvalue weighted by Crippen LogP contribution is 2.66. The van der Waals surface area contributed by atoms with Gasteiger partial charge in [0.1, 0.15) is 36.0 Å². The summed E-state index contributed by atoms with van der Waals surface area (Å²) in [6, 6.07) is 39.2. The highest BCUT2D eigenvalue weighted by Gasteiger charge is 2.76. The fourth-order valence-corrected chi connectivity index (χ4v) is 12.2. The summed E-state index contributed by atoms with van der Waals surface area (Å²) in [5.74, 6) is 3.13. The minimum Gasteiger partial charge on any atom is -0.493 e. The number of methoxy groups -OCH3 is 3. The second kappa shape index (κ2) is 23.5. The predicted molar refractivity (Wildman–Crippen MR) is 298 cm³/mol. The van der Waals surface area contributed by atoms with Crippen LogP contribution in [0.3, 0.4) is 0 Å². The number of hydrogen-bond donors (Lipinski definition) is 2. The molecule has 2 saturated heterocycles. The van der Waals surface area contributed by atoms with Gasteiger partial charge in [-0.15, -0.1) is 0 Å². The van der Waals surface area contributed by atoms with Gasteiger partial charge >= 0.3 is 18.0 Å². The number of rotatable bonds is 15. The van der Waals surface area contributed by atoms with Gasteiger partial charge < -0.3 is 39.0 Å². The Morgan fingerprint density at radius 3 is 2.12 bits per heavy atom. The van der Waals surface area contributed by atoms with Crippen molar-refractivity contribution < 1.29 is 52.8 Å². The minimum absolute atomic E-state index is 0.0512. The van der Waals surface area contributed by atoms with E-state index in [4.69, 9.17) is 23.7 Å². The summed E-state index contributed by atoms with van der Waals surface area (Å²) < 4.78 is 29.4. The van der Waals surface area contributed by atoms with E-state index < -0.39 is 77.3 Å². The van der Waals surface area contributed by atoms with Crippen molar-refractivity contribution >= 4 is 35.5 Å². The zero-order chi connectivity index (χ0) is 56.2. The number of esters is 2. The molecule has 0 aromatic heterocycles. The molecule has 7 atom stereocenters. The Morgan fingerprint density at radius 2 is 1.46 bits per heavy atom. The third-order valence-corrected chi connectivity index (χ3v) is 15.8. The first-order valence-corrected chi connectivity index (χ1v) is 26.9. The molecular formula is C64H65N5O11. The second-order valence-corrected chi connectivity index (χ2v) is 20.9. The number of morpholine rings is 1. The maximum Gasteiger partial charge on any atom is 0.329 e. The predicted octanol–water partition coefficient (Wildman–Crippen LogP) is 7.72. The molecule has 0 bridgehead atoms. The van der Waals surface area contributed by atoms with Crippen LogP contribution >= 0.6 is 0 Å². The van der Waals surface area contributed by atoms with Crippen LogP contribution in [0.4, 0.5) is 10.5 Å². The number of cyclic esters (lactones) is 1. The Morgan fingerprint density at radius 1 is 0.800 bits per heavy atom. The Labute approximate surface area is 466 Å². The average molecular weight is 1080 g/mol. The zero-order valence-electron chi connectivity index (χ0n) is 45.7. The van der Waals surface area contributed by atoms with Crippen LogP contribution in [0.5, 0.6) is 17.2 Å². The molecular weight excluding hydrogens is 1010 g/mol. The molecule has 4 aliphatic rings. The lowest BCUT2D eigenvalue weighted by Gasteiger charge is -2.46. The molecule has 4 heterocycles. The van der Waals surface area contributed by atoms with Gasteiger partial charge in [-0.25, -0.2) is 14.5 Å². The van der Waals surface area contributed by atoms with E-state index in [9.17, 15) is 9.90 Å². The number of nitrogens with one attached hydrogen (secondary N) is 1. The van der Waals surface area contributed by atoms with E-state index in [1.807, 2.05) is 121 Å². The molecule has 2 N–H and O–H groups in total. The molecule has 6 aromatic rings. The third kappa shape index (κ3) is 10.1. The van der Waals surface area contributed by atoms with Gasteiger partial charge in [-0.05, 0) is 101 Å². The number of aliphatic hydroxyl groups excluding tert-OH is 1. The number of benzene rings is 6. The normalized spacial score (nSPS) is 21.4. The number of carbonyl (C=O) groups excluding carboxylic acids is 5. The van der Waals surface area contributed by atoms with Gasteiger partial charge in [0.2, 0.25) is 11.8 Å². The monoisotopic (exact) mass is 1080 g/mol. The molecule has 2 fully saturated rings. The van der Waals surface area contributed by atoms with E-state index in [0.29, 0.717) is 53.4 Å². The highest BCUT2D eigenvalue weighted by molar-refractivity contribution is 6.25. The molecule has 6 aromatic carbocycles. The molecule has 4 aliphatic heterocycles. The maximum absolute atomic E-state index is 17.1. The Kier molecular flexibility index (Phi) is 16.1. The van der Waals surface area contributed by atoms with Crippen LogP contribution in [-0.2, 0) is 53.6 Å². The largest absolute Gasteiger partial charge is 0.493 e. The van der Waals surface area contributed by atoms with Crippen molar-refractivity contribution in [1.82, 2.24) is 20.0 Å². The van der Waals surface area contributed by atoms with Gasteiger partial charge in [0, 0.05) is 25.2 Å². The molecule has 80 heavy (non-hydrogen) atoms. The summed E-state index contributed by atoms with van der Waals surface area (Å²) in [7, 11) is 6.30. The molecule has 16 heteroatoms. The summed E-state index contributed by atoms with van der Waals surface area (Å²) in [4.78, 5) is 85.3. The van der Waals surface area contributed by atoms with Crippen molar-refractivity contribution in [3.8, 4) is 29.1 Å². The number of nitrogens with zero attached hydrogens (tertiary/aromatic N) is 4. The summed E-state index contributed by atoms with van der Waals surface area (Å²) in [5, 5.41) is 12.8. The van der Waals surface area contributed by atoms with E-state index in [0.717, 1.165) is 27.2 Å². The summed E-state index contributed by atoms with van der Waals surface area (Å²) in [6.07, 6.45) is -0.570. The standard InChI is InChI=1S/C64H65N5O11/c1-40(2)54(60(72)78-6)65-63(75)68-50-28-27-41(20-17-30-66(3)38-42-18-10-7-11-19-42)34-49(50)64(62(68)74)53(59(71)67-31-29-45-36-51(76-4)52(77-5)37-47(45)39-67)56-61(73)80-57(44-23-14-9-15-24-44)55(43-21-12-8-13-22-43)69(56)58(64)46-25-16-26-48(35-46)79-33-32-70/h7-16,18-19,21-28,34-37,40,53-58,70H,29-33,38-39H2,1-6H3,(H,65,75)/t53-,54-,55-,56-,57+,58+,64-/m0/s1. The van der Waals surface area contributed by atoms with E-state index in [-0.39, 0.29) is 37.6 Å². The van der Waals surface area contributed by atoms with Gasteiger partial charge in [-0.3, -0.25) is 24.2 Å². The first-order chi connectivity index (χ1) is 38.8. The molecule has 412 valence electrons. The van der Waals surface area contributed by atoms with Gasteiger partial charge in [-0.2, -0.15) is 0 Å². The van der Waals surface area contributed by atoms with E-state index in [1.165, 1.54) is 7.11 Å². The summed E-state index contributed by atoms with van der Waals surface area (Å²) in [5.41, 5.74) is 3.44. The fraction of sp³-hybridized carbons (Fsp3) is 0.328. The number of anilines is 1. The van der Waals surface area contributed by atoms with Crippen molar-refractivity contribution in [3.05, 3.63) is 190 Å². The molecule has 10 rings (SSSR count). The molecule has 1 spiro atoms. The van der Waals surface area contributed by atoms with Crippen molar-refractivity contribution in [2.75, 3.05) is 59.6 Å². The number of ether oxygens (including phenoxy) is 5. The molecule has 0 unspecified atom stereocenters. The van der Waals surface area contributed by atoms with Crippen LogP contribution in [0.25, 0.3) is 0 Å². The van der Waals surface area contributed by atoms with Gasteiger partial charge in [0.15, 0.2) is 11.5 Å². The van der Waals surface area contributed by atoms with Crippen molar-refractivity contribution in [1.29, 1.82) is 0 Å². The quantitative estimate of drug-likeness (QED) is 0.0756. The number of imide groups is 1. The minimum atomic E-state index is -2.14. The average Bonchev–Trinajstić information content (AvgIpc) is 3.94. The van der Waals surface area contributed by atoms with Crippen LogP contribution in [0.2, 0.25) is 0 Å². The Balaban J connectivity index is 1.25. The van der Waals surface area contributed by atoms with E-state index in [2.05, 4.69) is 22.1 Å². The van der Waals surface area contributed by atoms with Crippen LogP contribution in [0.1, 0.15) is 76.5 Å². The number of urea groups is 1. The Hall–Kier alpha value is -8.49. The first-order valence-electron chi connectivity index (χ1n) is 26.9. The summed E-state index contributed by atoms with van der Waals surface area (Å²) >= 11 is 0. The molecule has 16 nitrogen and oxygen atoms in total. The highest BCUT2D eigenvalue weighted by atomic mass is 16.6. The van der Waals surface area contributed by atoms with Crippen LogP contribution in [0, 0.1) is 23.7 Å². The maximum atomic E-state index is 17.1. The number of carbonyl (C=O) groups is 5. The van der Waals surface area contributed by atoms with E-state index >= 15 is 19.2 Å². The zero-order valence-corrected chi connectivity index (χ0v) is 45.7. The fourth-order valence-electron chi connectivity index (χ4n) is 12.2. The lowest BCUT2D eigenvalue weighted by molar-refractivity contribution is -0.179. The van der Waals surface area contributed by atoms with Crippen LogP contribution in [0.15, 0.2) is 146 Å². The number of amides is 4. The van der Waals surface area contributed by atoms with Crippen LogP contribution in [-0.4, -0.2) is 116 Å². The number of aliphatic hydroxyl groups is 1. The number of fused-ring (bicyclic) bond motifs is 4. The lowest BCUT2D eigenvalue weighted by atomic mass is 9.64. The summed E-state index contributed by atoms with van der Waals surface area (Å²) in [6.45, 7) is 4.44. The van der Waals surface area contributed by atoms with Gasteiger partial charge in [0.25, 0.3) is 0 Å². The van der Waals surface area contributed by atoms with Crippen molar-refractivity contribution in [2.45, 2.75) is 69.0 Å². The van der Waals surface area contributed by atoms with Crippen molar-refractivity contribution in [2.24, 2.45) is 11.8 Å². The van der Waals surface area contributed by atoms with Gasteiger partial charge in [0.05, 0.1) is 58.2 Å². The smallest absolute Gasteiger partial charge is 0.329 e. The Bertz CT molecular complexity index is 3350. The third-order valence-electron chi connectivity index (χ3n) is 15.8. The SMILES string of the molecule is COC(=O)[C@@H](NC(=O)N1C(=O)[C@@]2(c3cc(C#CCN(C)Cc4ccccc4)ccc31)[C@H](C(=O)N1CCc3cc(OC)c(OC)cc3C1)[C@H]1C(=O)O[C@H](c3ccccc3)[C@H](c3ccccc3)N1[C@@H]2c1cccc(OCCO)c1)C(C)C. The number of hydrogen-bond acceptors (Lipinski definition) is 13. The molecule has 4 amide bonds. The molecule has 0 aliphatic carbocycles. The van der Waals surface area contributed by atoms with Crippen LogP contribution < -0.4 is 24.4 Å². The molecule has 0 saturated carbocycles. The van der Waals surface area contributed by atoms with E-state index in [1.54, 1.807) is 69.4 Å². The first kappa shape index (κ1) is 54.8. The topological polar surface area (TPSA) is 177 Å². The van der Waals surface area contributed by atoms with Gasteiger partial charge in [-0.1, -0.05) is 129 Å². The second-order valence-electron chi connectivity index (χ2n) is 20.9. The molecule has 0 radical (unpaired) electrons. The lowest BCUT2D eigenvalue weighted by Crippen LogP contribution is -2.58.